The highest BCUT2D eigenvalue weighted by Gasteiger charge is 2.16. The van der Waals surface area contributed by atoms with Crippen LogP contribution in [0.1, 0.15) is 117 Å². The zero-order valence-electron chi connectivity index (χ0n) is 18.6. The van der Waals surface area contributed by atoms with Gasteiger partial charge in [-0.1, -0.05) is 95.3 Å². The van der Waals surface area contributed by atoms with E-state index in [0.717, 1.165) is 25.7 Å². The van der Waals surface area contributed by atoms with Gasteiger partial charge in [-0.05, 0) is 31.4 Å². The Morgan fingerprint density at radius 2 is 1.17 bits per heavy atom. The number of ether oxygens (including phenoxy) is 1. The summed E-state index contributed by atoms with van der Waals surface area (Å²) in [6, 6.07) is 6.17. The van der Waals surface area contributed by atoms with Gasteiger partial charge in [-0.3, -0.25) is 0 Å². The van der Waals surface area contributed by atoms with E-state index >= 15 is 0 Å². The topological polar surface area (TPSA) is 63.6 Å². The van der Waals surface area contributed by atoms with Gasteiger partial charge in [0.2, 0.25) is 0 Å². The third-order valence-corrected chi connectivity index (χ3v) is 5.41. The zero-order chi connectivity index (χ0) is 21.9. The highest BCUT2D eigenvalue weighted by Crippen LogP contribution is 2.14. The maximum absolute atomic E-state index is 12.0. The van der Waals surface area contributed by atoms with Crippen LogP contribution in [0.15, 0.2) is 36.9 Å². The van der Waals surface area contributed by atoms with Crippen LogP contribution in [0.5, 0.6) is 0 Å². The summed E-state index contributed by atoms with van der Waals surface area (Å²) in [5.74, 6) is -1.66. The summed E-state index contributed by atoms with van der Waals surface area (Å²) >= 11 is 0. The van der Waals surface area contributed by atoms with Gasteiger partial charge >= 0.3 is 11.9 Å². The van der Waals surface area contributed by atoms with E-state index in [2.05, 4.69) is 6.58 Å². The highest BCUT2D eigenvalue weighted by atomic mass is 16.5. The van der Waals surface area contributed by atoms with Crippen molar-refractivity contribution < 1.29 is 19.4 Å². The Hall–Kier alpha value is -2.10. The van der Waals surface area contributed by atoms with Crippen molar-refractivity contribution in [2.75, 3.05) is 6.61 Å². The van der Waals surface area contributed by atoms with Crippen molar-refractivity contribution in [3.63, 3.8) is 0 Å². The zero-order valence-corrected chi connectivity index (χ0v) is 18.6. The lowest BCUT2D eigenvalue weighted by Crippen LogP contribution is -2.12. The van der Waals surface area contributed by atoms with Gasteiger partial charge in [-0.2, -0.15) is 0 Å². The molecule has 0 amide bonds. The third kappa shape index (κ3) is 12.5. The number of hydrogen-bond donors (Lipinski definition) is 1. The van der Waals surface area contributed by atoms with Crippen molar-refractivity contribution >= 4 is 11.9 Å². The second-order valence-electron chi connectivity index (χ2n) is 8.01. The summed E-state index contributed by atoms with van der Waals surface area (Å²) in [6.45, 7) is 4.11. The van der Waals surface area contributed by atoms with Crippen molar-refractivity contribution in [3.05, 3.63) is 48.0 Å². The highest BCUT2D eigenvalue weighted by molar-refractivity contribution is 6.02. The molecule has 0 heterocycles. The molecule has 0 aliphatic rings. The molecule has 1 N–H and O–H groups in total. The summed E-state index contributed by atoms with van der Waals surface area (Å²) in [5, 5.41) is 9.12. The molecular weight excluding hydrogens is 376 g/mol. The molecule has 0 aliphatic heterocycles. The van der Waals surface area contributed by atoms with Gasteiger partial charge in [0.25, 0.3) is 0 Å². The first kappa shape index (κ1) is 25.9. The fourth-order valence-corrected chi connectivity index (χ4v) is 3.60. The molecule has 0 saturated carbocycles. The Morgan fingerprint density at radius 3 is 1.63 bits per heavy atom. The van der Waals surface area contributed by atoms with Crippen molar-refractivity contribution in [2.45, 2.75) is 96.3 Å². The summed E-state index contributed by atoms with van der Waals surface area (Å²) < 4.78 is 5.23. The van der Waals surface area contributed by atoms with Crippen LogP contribution in [0.25, 0.3) is 0 Å². The van der Waals surface area contributed by atoms with E-state index in [0.29, 0.717) is 6.61 Å². The van der Waals surface area contributed by atoms with E-state index in [1.165, 1.54) is 82.8 Å². The summed E-state index contributed by atoms with van der Waals surface area (Å²) in [7, 11) is 0. The maximum Gasteiger partial charge on any atom is 0.339 e. The van der Waals surface area contributed by atoms with Crippen LogP contribution in [-0.4, -0.2) is 23.7 Å². The second-order valence-corrected chi connectivity index (χ2v) is 8.01. The minimum absolute atomic E-state index is 0.00832. The number of carbonyl (C=O) groups excluding carboxylic acids is 1. The SMILES string of the molecule is C=CCCCCCCCCCCCCCCCCOC(=O)c1ccccc1C(=O)O. The molecular formula is C26H40O4. The van der Waals surface area contributed by atoms with Crippen LogP contribution < -0.4 is 0 Å². The molecule has 0 spiro atoms. The molecule has 0 aromatic heterocycles. The normalized spacial score (nSPS) is 10.7. The van der Waals surface area contributed by atoms with Crippen molar-refractivity contribution in [3.8, 4) is 0 Å². The first-order chi connectivity index (χ1) is 14.7. The van der Waals surface area contributed by atoms with Crippen LogP contribution >= 0.6 is 0 Å². The molecule has 168 valence electrons. The van der Waals surface area contributed by atoms with Crippen LogP contribution in [-0.2, 0) is 4.74 Å². The van der Waals surface area contributed by atoms with Gasteiger partial charge < -0.3 is 9.84 Å². The molecule has 4 nitrogen and oxygen atoms in total. The van der Waals surface area contributed by atoms with Gasteiger partial charge in [0, 0.05) is 0 Å². The molecule has 0 saturated heterocycles. The van der Waals surface area contributed by atoms with Gasteiger partial charge in [0.05, 0.1) is 17.7 Å². The van der Waals surface area contributed by atoms with Gasteiger partial charge in [0.1, 0.15) is 0 Å². The minimum atomic E-state index is -1.11. The molecule has 1 aromatic rings. The molecule has 30 heavy (non-hydrogen) atoms. The van der Waals surface area contributed by atoms with Crippen molar-refractivity contribution in [2.24, 2.45) is 0 Å². The van der Waals surface area contributed by atoms with E-state index in [4.69, 9.17) is 9.84 Å². The molecule has 0 fully saturated rings. The van der Waals surface area contributed by atoms with Gasteiger partial charge in [0.15, 0.2) is 0 Å². The third-order valence-electron chi connectivity index (χ3n) is 5.41. The number of rotatable bonds is 19. The number of carboxylic acids is 1. The summed E-state index contributed by atoms with van der Waals surface area (Å²) in [4.78, 5) is 23.2. The van der Waals surface area contributed by atoms with Crippen molar-refractivity contribution in [1.29, 1.82) is 0 Å². The molecule has 0 bridgehead atoms. The minimum Gasteiger partial charge on any atom is -0.478 e. The molecule has 0 aliphatic carbocycles. The van der Waals surface area contributed by atoms with E-state index in [1.807, 2.05) is 6.08 Å². The van der Waals surface area contributed by atoms with Crippen LogP contribution in [0.2, 0.25) is 0 Å². The number of carbonyl (C=O) groups is 2. The lowest BCUT2D eigenvalue weighted by atomic mass is 10.0. The van der Waals surface area contributed by atoms with Crippen LogP contribution in [0.4, 0.5) is 0 Å². The second kappa shape index (κ2) is 17.7. The molecule has 1 rings (SSSR count). The number of unbranched alkanes of at least 4 members (excludes halogenated alkanes) is 14. The molecule has 1 aromatic carbocycles. The smallest absolute Gasteiger partial charge is 0.339 e. The van der Waals surface area contributed by atoms with Gasteiger partial charge in [-0.25, -0.2) is 9.59 Å². The van der Waals surface area contributed by atoms with Crippen LogP contribution in [0, 0.1) is 0 Å². The van der Waals surface area contributed by atoms with E-state index in [1.54, 1.807) is 12.1 Å². The predicted octanol–water partition coefficient (Wildman–Crippen LogP) is 7.58. The first-order valence-electron chi connectivity index (χ1n) is 11.8. The monoisotopic (exact) mass is 416 g/mol. The maximum atomic E-state index is 12.0. The average Bonchev–Trinajstić information content (AvgIpc) is 2.75. The Morgan fingerprint density at radius 1 is 0.733 bits per heavy atom. The van der Waals surface area contributed by atoms with E-state index < -0.39 is 11.9 Å². The number of aromatic carboxylic acids is 1. The molecule has 0 radical (unpaired) electrons. The Balaban J connectivity index is 1.90. The number of carboxylic acid groups (broad SMARTS) is 1. The first-order valence-corrected chi connectivity index (χ1v) is 11.8. The lowest BCUT2D eigenvalue weighted by Gasteiger charge is -2.07. The Bertz CT molecular complexity index is 609. The Labute approximate surface area is 182 Å². The number of hydrogen-bond acceptors (Lipinski definition) is 3. The van der Waals surface area contributed by atoms with E-state index in [9.17, 15) is 9.59 Å². The quantitative estimate of drug-likeness (QED) is 0.143. The van der Waals surface area contributed by atoms with Crippen molar-refractivity contribution in [1.82, 2.24) is 0 Å². The average molecular weight is 417 g/mol. The summed E-state index contributed by atoms with van der Waals surface area (Å²) in [6.07, 6.45) is 20.9. The standard InChI is InChI=1S/C26H40O4/c1-2-3-4-5-6-7-8-9-10-11-12-13-14-15-16-19-22-30-26(29)24-21-18-17-20-23(24)25(27)28/h2,17-18,20-21H,1,3-16,19,22H2,(H,27,28). The number of benzene rings is 1. The molecule has 4 heteroatoms. The van der Waals surface area contributed by atoms with Crippen LogP contribution in [0.3, 0.4) is 0 Å². The largest absolute Gasteiger partial charge is 0.478 e. The van der Waals surface area contributed by atoms with E-state index in [-0.39, 0.29) is 11.1 Å². The lowest BCUT2D eigenvalue weighted by molar-refractivity contribution is 0.0487. The fourth-order valence-electron chi connectivity index (χ4n) is 3.60. The number of esters is 1. The van der Waals surface area contributed by atoms with Gasteiger partial charge in [-0.15, -0.1) is 6.58 Å². The fraction of sp³-hybridized carbons (Fsp3) is 0.615. The molecule has 0 unspecified atom stereocenters. The molecule has 0 atom stereocenters. The Kier molecular flexibility index (Phi) is 15.3. The summed E-state index contributed by atoms with van der Waals surface area (Å²) in [5.41, 5.74) is 0.115. The number of allylic oxidation sites excluding steroid dienone is 1. The predicted molar refractivity (Wildman–Crippen MR) is 123 cm³/mol.